The van der Waals surface area contributed by atoms with Crippen molar-refractivity contribution in [1.82, 2.24) is 0 Å². The molecule has 0 spiro atoms. The number of ether oxygens (including phenoxy) is 2. The van der Waals surface area contributed by atoms with E-state index >= 15 is 0 Å². The van der Waals surface area contributed by atoms with E-state index in [0.29, 0.717) is 23.7 Å². The predicted molar refractivity (Wildman–Crippen MR) is 163 cm³/mol. The maximum Gasteiger partial charge on any atom is 0.306 e. The highest BCUT2D eigenvalue weighted by Gasteiger charge is 2.22. The molecule has 0 radical (unpaired) electrons. The summed E-state index contributed by atoms with van der Waals surface area (Å²) in [4.78, 5) is 58.7. The van der Waals surface area contributed by atoms with Crippen LogP contribution in [0.1, 0.15) is 110 Å². The molecule has 0 amide bonds. The second-order valence-corrected chi connectivity index (χ2v) is 13.2. The minimum Gasteiger partial charge on any atom is -0.756 e. The number of allylic oxidation sites excluding steroid dienone is 2. The third-order valence-electron chi connectivity index (χ3n) is 6.58. The molecule has 0 aliphatic rings. The Hall–Kier alpha value is -1.91. The van der Waals surface area contributed by atoms with Gasteiger partial charge in [-0.15, -0.1) is 0 Å². The van der Waals surface area contributed by atoms with Crippen LogP contribution < -0.4 is 4.89 Å². The average Bonchev–Trinajstić information content (AvgIpc) is 2.93. The van der Waals surface area contributed by atoms with Gasteiger partial charge in [0.05, 0.1) is 34.2 Å². The lowest BCUT2D eigenvalue weighted by Gasteiger charge is -2.28. The van der Waals surface area contributed by atoms with E-state index < -0.39 is 44.9 Å². The van der Waals surface area contributed by atoms with Crippen molar-refractivity contribution in [3.8, 4) is 0 Å². The van der Waals surface area contributed by atoms with Gasteiger partial charge in [-0.3, -0.25) is 23.7 Å². The largest absolute Gasteiger partial charge is 0.756 e. The van der Waals surface area contributed by atoms with Crippen LogP contribution in [0.25, 0.3) is 0 Å². The molecule has 0 aromatic carbocycles. The SMILES string of the molecule is CCCCCCCCCCCCCCCC(=O)OC[C@H](COP(=O)([O-])OCC[N+](C)(C)C)OC(=O)CCC(=O)/C=C/C=O. The lowest BCUT2D eigenvalue weighted by atomic mass is 10.0. The number of phosphoric ester groups is 1. The van der Waals surface area contributed by atoms with Crippen LogP contribution in [0.2, 0.25) is 0 Å². The topological polar surface area (TPSA) is 145 Å². The van der Waals surface area contributed by atoms with Gasteiger partial charge in [-0.1, -0.05) is 84.0 Å². The minimum absolute atomic E-state index is 0.0980. The molecule has 0 aromatic rings. The number of aldehydes is 1. The zero-order chi connectivity index (χ0) is 32.4. The van der Waals surface area contributed by atoms with Gasteiger partial charge < -0.3 is 27.9 Å². The second kappa shape index (κ2) is 25.4. The minimum atomic E-state index is -4.70. The molecular formula is C31H56NO10P. The third kappa shape index (κ3) is 28.6. The summed E-state index contributed by atoms with van der Waals surface area (Å²) in [6, 6.07) is 0. The molecular weight excluding hydrogens is 577 g/mol. The van der Waals surface area contributed by atoms with E-state index in [9.17, 15) is 28.6 Å². The molecule has 2 atom stereocenters. The molecule has 0 N–H and O–H groups in total. The Balaban J connectivity index is 4.48. The fraction of sp³-hybridized carbons (Fsp3) is 0.806. The first-order valence-electron chi connectivity index (χ1n) is 15.8. The Morgan fingerprint density at radius 3 is 1.86 bits per heavy atom. The van der Waals surface area contributed by atoms with Crippen LogP contribution >= 0.6 is 7.82 Å². The Morgan fingerprint density at radius 2 is 1.33 bits per heavy atom. The van der Waals surface area contributed by atoms with E-state index in [1.807, 2.05) is 21.1 Å². The summed E-state index contributed by atoms with van der Waals surface area (Å²) >= 11 is 0. The lowest BCUT2D eigenvalue weighted by Crippen LogP contribution is -2.37. The van der Waals surface area contributed by atoms with Crippen molar-refractivity contribution in [2.24, 2.45) is 0 Å². The number of hydrogen-bond acceptors (Lipinski definition) is 10. The highest BCUT2D eigenvalue weighted by atomic mass is 31.2. The van der Waals surface area contributed by atoms with Crippen LogP contribution in [0.4, 0.5) is 0 Å². The van der Waals surface area contributed by atoms with Crippen LogP contribution in [-0.4, -0.2) is 82.1 Å². The summed E-state index contributed by atoms with van der Waals surface area (Å²) in [7, 11) is 0.930. The number of phosphoric acid groups is 1. The Bertz CT molecular complexity index is 856. The van der Waals surface area contributed by atoms with Crippen LogP contribution in [0.3, 0.4) is 0 Å². The Morgan fingerprint density at radius 1 is 0.767 bits per heavy atom. The van der Waals surface area contributed by atoms with Crippen LogP contribution in [-0.2, 0) is 42.3 Å². The molecule has 43 heavy (non-hydrogen) atoms. The van der Waals surface area contributed by atoms with E-state index in [1.165, 1.54) is 57.8 Å². The molecule has 11 nitrogen and oxygen atoms in total. The number of nitrogens with zero attached hydrogens (tertiary/aromatic N) is 1. The summed E-state index contributed by atoms with van der Waals surface area (Å²) in [6.45, 7) is 1.53. The van der Waals surface area contributed by atoms with Crippen LogP contribution in [0.15, 0.2) is 12.2 Å². The Kier molecular flexibility index (Phi) is 24.3. The monoisotopic (exact) mass is 633 g/mol. The first-order chi connectivity index (χ1) is 20.4. The fourth-order valence-electron chi connectivity index (χ4n) is 4.00. The van der Waals surface area contributed by atoms with Gasteiger partial charge in [0, 0.05) is 12.8 Å². The maximum atomic E-state index is 12.3. The molecule has 0 saturated heterocycles. The van der Waals surface area contributed by atoms with Crippen molar-refractivity contribution >= 4 is 31.8 Å². The number of carbonyl (C=O) groups is 4. The van der Waals surface area contributed by atoms with E-state index in [1.54, 1.807) is 0 Å². The summed E-state index contributed by atoms with van der Waals surface area (Å²) in [5.74, 6) is -1.74. The van der Waals surface area contributed by atoms with Crippen molar-refractivity contribution in [3.05, 3.63) is 12.2 Å². The molecule has 0 rings (SSSR count). The molecule has 0 fully saturated rings. The predicted octanol–water partition coefficient (Wildman–Crippen LogP) is 5.23. The number of likely N-dealkylation sites (N-methyl/N-ethyl adjacent to an activating group) is 1. The first-order valence-corrected chi connectivity index (χ1v) is 17.2. The van der Waals surface area contributed by atoms with Gasteiger partial charge in [0.25, 0.3) is 7.82 Å². The van der Waals surface area contributed by atoms with E-state index in [0.717, 1.165) is 31.4 Å². The van der Waals surface area contributed by atoms with Gasteiger partial charge in [0.1, 0.15) is 26.0 Å². The van der Waals surface area contributed by atoms with Crippen LogP contribution in [0.5, 0.6) is 0 Å². The number of quaternary nitrogens is 1. The van der Waals surface area contributed by atoms with Gasteiger partial charge in [-0.25, -0.2) is 0 Å². The zero-order valence-electron chi connectivity index (χ0n) is 26.9. The zero-order valence-corrected chi connectivity index (χ0v) is 27.8. The van der Waals surface area contributed by atoms with Crippen molar-refractivity contribution < 1.29 is 51.6 Å². The normalized spacial score (nSPS) is 13.9. The van der Waals surface area contributed by atoms with Crippen molar-refractivity contribution in [2.75, 3.05) is 47.5 Å². The third-order valence-corrected chi connectivity index (χ3v) is 7.54. The average molecular weight is 634 g/mol. The molecule has 0 aromatic heterocycles. The summed E-state index contributed by atoms with van der Waals surface area (Å²) in [5.41, 5.74) is 0. The quantitative estimate of drug-likeness (QED) is 0.0268. The summed E-state index contributed by atoms with van der Waals surface area (Å²) < 4.78 is 32.9. The van der Waals surface area contributed by atoms with Crippen LogP contribution in [0, 0.1) is 0 Å². The van der Waals surface area contributed by atoms with Crippen molar-refractivity contribution in [1.29, 1.82) is 0 Å². The number of esters is 2. The van der Waals surface area contributed by atoms with Gasteiger partial charge in [0.2, 0.25) is 0 Å². The summed E-state index contributed by atoms with van der Waals surface area (Å²) in [5, 5.41) is 0. The van der Waals surface area contributed by atoms with Gasteiger partial charge in [0.15, 0.2) is 11.9 Å². The highest BCUT2D eigenvalue weighted by molar-refractivity contribution is 7.45. The number of ketones is 1. The molecule has 1 unspecified atom stereocenters. The Labute approximate surface area is 258 Å². The number of carbonyl (C=O) groups excluding carboxylic acids is 4. The van der Waals surface area contributed by atoms with Gasteiger partial charge in [-0.2, -0.15) is 0 Å². The maximum absolute atomic E-state index is 12.3. The molecule has 0 saturated carbocycles. The van der Waals surface area contributed by atoms with Gasteiger partial charge in [-0.05, 0) is 18.6 Å². The van der Waals surface area contributed by atoms with Crippen molar-refractivity contribution in [2.45, 2.75) is 116 Å². The molecule has 0 bridgehead atoms. The lowest BCUT2D eigenvalue weighted by molar-refractivity contribution is -0.870. The molecule has 0 aliphatic heterocycles. The summed E-state index contributed by atoms with van der Waals surface area (Å²) in [6.07, 6.45) is 16.4. The number of unbranched alkanes of at least 4 members (excludes halogenated alkanes) is 12. The standard InChI is InChI=1S/C31H56NO10P/c1-5-6-7-8-9-10-11-12-13-14-15-16-17-20-30(35)39-26-29(42-31(36)22-21-28(34)19-18-24-33)27-41-43(37,38)40-25-23-32(2,3)4/h18-19,24,29H,5-17,20-23,25-27H2,1-4H3/b19-18+/t29-/m1/s1. The van der Waals surface area contributed by atoms with Crippen molar-refractivity contribution in [3.63, 3.8) is 0 Å². The van der Waals surface area contributed by atoms with Gasteiger partial charge >= 0.3 is 11.9 Å². The number of rotatable bonds is 29. The van der Waals surface area contributed by atoms with E-state index in [-0.39, 0.29) is 25.9 Å². The second-order valence-electron chi connectivity index (χ2n) is 11.8. The molecule has 250 valence electrons. The molecule has 0 heterocycles. The van der Waals surface area contributed by atoms with E-state index in [4.69, 9.17) is 18.5 Å². The van der Waals surface area contributed by atoms with E-state index in [2.05, 4.69) is 6.92 Å². The first kappa shape index (κ1) is 41.1. The smallest absolute Gasteiger partial charge is 0.306 e. The molecule has 0 aliphatic carbocycles. The molecule has 12 heteroatoms. The number of hydrogen-bond donors (Lipinski definition) is 0. The fourth-order valence-corrected chi connectivity index (χ4v) is 4.73. The highest BCUT2D eigenvalue weighted by Crippen LogP contribution is 2.38.